The van der Waals surface area contributed by atoms with Gasteiger partial charge in [-0.1, -0.05) is 12.1 Å². The molecule has 1 aromatic rings. The zero-order valence-corrected chi connectivity index (χ0v) is 13.4. The van der Waals surface area contributed by atoms with Crippen LogP contribution in [0.25, 0.3) is 0 Å². The van der Waals surface area contributed by atoms with Crippen LogP contribution in [0.4, 0.5) is 0 Å². The summed E-state index contributed by atoms with van der Waals surface area (Å²) in [7, 11) is 3.47. The lowest BCUT2D eigenvalue weighted by molar-refractivity contribution is 0.0492. The van der Waals surface area contributed by atoms with Gasteiger partial charge in [-0.25, -0.2) is 0 Å². The summed E-state index contributed by atoms with van der Waals surface area (Å²) in [6.07, 6.45) is 2.08. The van der Waals surface area contributed by atoms with Crippen molar-refractivity contribution < 1.29 is 14.2 Å². The first-order valence-electron chi connectivity index (χ1n) is 7.64. The van der Waals surface area contributed by atoms with Crippen LogP contribution in [0.5, 0.6) is 5.75 Å². The summed E-state index contributed by atoms with van der Waals surface area (Å²) < 4.78 is 16.2. The average Bonchev–Trinajstić information content (AvgIpc) is 2.53. The predicted octanol–water partition coefficient (Wildman–Crippen LogP) is 2.29. The molecule has 0 aromatic heterocycles. The van der Waals surface area contributed by atoms with Crippen molar-refractivity contribution in [1.29, 1.82) is 0 Å². The molecule has 0 amide bonds. The molecule has 1 aliphatic heterocycles. The van der Waals surface area contributed by atoms with Gasteiger partial charge in [0.25, 0.3) is 0 Å². The molecule has 2 rings (SSSR count). The Balaban J connectivity index is 2.18. The Labute approximate surface area is 127 Å². The maximum absolute atomic E-state index is 5.57. The van der Waals surface area contributed by atoms with E-state index in [1.807, 2.05) is 0 Å². The standard InChI is InChI=1S/C17H27NO3/c1-14-4-5-15(12-16(14)20-3)17(6-9-21-10-7-17)13-18-8-11-19-2/h4-5,12,18H,6-11,13H2,1-3H3. The predicted molar refractivity (Wildman–Crippen MR) is 84.2 cm³/mol. The second-order valence-corrected chi connectivity index (χ2v) is 5.75. The van der Waals surface area contributed by atoms with E-state index >= 15 is 0 Å². The van der Waals surface area contributed by atoms with Crippen LogP contribution < -0.4 is 10.1 Å². The summed E-state index contributed by atoms with van der Waals surface area (Å²) in [5.74, 6) is 0.968. The highest BCUT2D eigenvalue weighted by molar-refractivity contribution is 5.40. The van der Waals surface area contributed by atoms with E-state index < -0.39 is 0 Å². The SMILES string of the molecule is COCCNCC1(c2ccc(C)c(OC)c2)CCOCC1. The second kappa shape index (κ2) is 7.78. The highest BCUT2D eigenvalue weighted by atomic mass is 16.5. The Morgan fingerprint density at radius 1 is 1.24 bits per heavy atom. The molecule has 0 saturated carbocycles. The second-order valence-electron chi connectivity index (χ2n) is 5.75. The third kappa shape index (κ3) is 3.96. The van der Waals surface area contributed by atoms with Crippen LogP contribution in [0.3, 0.4) is 0 Å². The van der Waals surface area contributed by atoms with Crippen molar-refractivity contribution in [3.63, 3.8) is 0 Å². The fourth-order valence-electron chi connectivity index (χ4n) is 2.98. The minimum absolute atomic E-state index is 0.132. The van der Waals surface area contributed by atoms with E-state index in [-0.39, 0.29) is 5.41 Å². The van der Waals surface area contributed by atoms with Gasteiger partial charge in [-0.05, 0) is 37.0 Å². The van der Waals surface area contributed by atoms with Crippen molar-refractivity contribution in [2.24, 2.45) is 0 Å². The summed E-state index contributed by atoms with van der Waals surface area (Å²) in [5, 5.41) is 3.53. The largest absolute Gasteiger partial charge is 0.496 e. The van der Waals surface area contributed by atoms with Crippen LogP contribution >= 0.6 is 0 Å². The van der Waals surface area contributed by atoms with E-state index in [2.05, 4.69) is 30.4 Å². The molecule has 1 saturated heterocycles. The molecule has 1 aliphatic rings. The Kier molecular flexibility index (Phi) is 6.03. The Morgan fingerprint density at radius 2 is 2.00 bits per heavy atom. The minimum atomic E-state index is 0.132. The molecule has 21 heavy (non-hydrogen) atoms. The van der Waals surface area contributed by atoms with E-state index in [0.717, 1.165) is 51.5 Å². The van der Waals surface area contributed by atoms with Crippen LogP contribution in [-0.4, -0.2) is 47.1 Å². The zero-order valence-electron chi connectivity index (χ0n) is 13.4. The highest BCUT2D eigenvalue weighted by Crippen LogP contribution is 2.36. The van der Waals surface area contributed by atoms with Crippen molar-refractivity contribution in [1.82, 2.24) is 5.32 Å². The third-order valence-electron chi connectivity index (χ3n) is 4.42. The van der Waals surface area contributed by atoms with E-state index in [9.17, 15) is 0 Å². The smallest absolute Gasteiger partial charge is 0.122 e. The van der Waals surface area contributed by atoms with Gasteiger partial charge in [0.15, 0.2) is 0 Å². The summed E-state index contributed by atoms with van der Waals surface area (Å²) in [4.78, 5) is 0. The van der Waals surface area contributed by atoms with Gasteiger partial charge in [0.2, 0.25) is 0 Å². The molecule has 4 heteroatoms. The van der Waals surface area contributed by atoms with Gasteiger partial charge < -0.3 is 19.5 Å². The molecule has 118 valence electrons. The van der Waals surface area contributed by atoms with Crippen molar-refractivity contribution >= 4 is 0 Å². The summed E-state index contributed by atoms with van der Waals surface area (Å²) in [5.41, 5.74) is 2.65. The van der Waals surface area contributed by atoms with E-state index in [1.54, 1.807) is 14.2 Å². The molecule has 0 radical (unpaired) electrons. The van der Waals surface area contributed by atoms with E-state index in [1.165, 1.54) is 11.1 Å². The Hall–Kier alpha value is -1.10. The minimum Gasteiger partial charge on any atom is -0.496 e. The molecule has 0 atom stereocenters. The molecule has 1 N–H and O–H groups in total. The van der Waals surface area contributed by atoms with Crippen LogP contribution in [0.1, 0.15) is 24.0 Å². The van der Waals surface area contributed by atoms with Gasteiger partial charge in [0.05, 0.1) is 13.7 Å². The number of hydrogen-bond donors (Lipinski definition) is 1. The first kappa shape index (κ1) is 16.3. The Morgan fingerprint density at radius 3 is 2.67 bits per heavy atom. The Bertz CT molecular complexity index is 442. The molecule has 1 fully saturated rings. The molecule has 0 spiro atoms. The maximum Gasteiger partial charge on any atom is 0.122 e. The van der Waals surface area contributed by atoms with Crippen LogP contribution in [-0.2, 0) is 14.9 Å². The normalized spacial score (nSPS) is 17.7. The number of rotatable bonds is 7. The van der Waals surface area contributed by atoms with Gasteiger partial charge in [0, 0.05) is 38.8 Å². The van der Waals surface area contributed by atoms with Gasteiger partial charge in [0.1, 0.15) is 5.75 Å². The van der Waals surface area contributed by atoms with Crippen LogP contribution in [0, 0.1) is 6.92 Å². The first-order chi connectivity index (χ1) is 10.2. The molecule has 0 aliphatic carbocycles. The molecule has 0 bridgehead atoms. The summed E-state index contributed by atoms with van der Waals surface area (Å²) in [6, 6.07) is 6.58. The molecule has 1 aromatic carbocycles. The van der Waals surface area contributed by atoms with Gasteiger partial charge >= 0.3 is 0 Å². The molecular formula is C17H27NO3. The number of hydrogen-bond acceptors (Lipinski definition) is 4. The molecule has 4 nitrogen and oxygen atoms in total. The third-order valence-corrected chi connectivity index (χ3v) is 4.42. The van der Waals surface area contributed by atoms with Gasteiger partial charge in [-0.15, -0.1) is 0 Å². The lowest BCUT2D eigenvalue weighted by atomic mass is 9.74. The van der Waals surface area contributed by atoms with Crippen molar-refractivity contribution in [3.8, 4) is 5.75 Å². The van der Waals surface area contributed by atoms with Gasteiger partial charge in [-0.2, -0.15) is 0 Å². The molecule has 1 heterocycles. The number of aryl methyl sites for hydroxylation is 1. The maximum atomic E-state index is 5.57. The average molecular weight is 293 g/mol. The summed E-state index contributed by atoms with van der Waals surface area (Å²) in [6.45, 7) is 6.29. The monoisotopic (exact) mass is 293 g/mol. The number of ether oxygens (including phenoxy) is 3. The number of benzene rings is 1. The number of nitrogens with one attached hydrogen (secondary N) is 1. The number of methoxy groups -OCH3 is 2. The van der Waals surface area contributed by atoms with Crippen LogP contribution in [0.2, 0.25) is 0 Å². The van der Waals surface area contributed by atoms with Crippen molar-refractivity contribution in [2.75, 3.05) is 47.1 Å². The lowest BCUT2D eigenvalue weighted by Gasteiger charge is -2.38. The van der Waals surface area contributed by atoms with Crippen molar-refractivity contribution in [3.05, 3.63) is 29.3 Å². The lowest BCUT2D eigenvalue weighted by Crippen LogP contribution is -2.43. The van der Waals surface area contributed by atoms with Gasteiger partial charge in [-0.3, -0.25) is 0 Å². The van der Waals surface area contributed by atoms with Crippen LogP contribution in [0.15, 0.2) is 18.2 Å². The zero-order chi connectivity index (χ0) is 15.1. The fourth-order valence-corrected chi connectivity index (χ4v) is 2.98. The molecular weight excluding hydrogens is 266 g/mol. The van der Waals surface area contributed by atoms with E-state index in [0.29, 0.717) is 0 Å². The summed E-state index contributed by atoms with van der Waals surface area (Å²) >= 11 is 0. The first-order valence-corrected chi connectivity index (χ1v) is 7.64. The highest BCUT2D eigenvalue weighted by Gasteiger charge is 2.34. The van der Waals surface area contributed by atoms with E-state index in [4.69, 9.17) is 14.2 Å². The topological polar surface area (TPSA) is 39.7 Å². The molecule has 0 unspecified atom stereocenters. The fraction of sp³-hybridized carbons (Fsp3) is 0.647. The quantitative estimate of drug-likeness (QED) is 0.783. The van der Waals surface area contributed by atoms with Crippen molar-refractivity contribution in [2.45, 2.75) is 25.2 Å².